The van der Waals surface area contributed by atoms with Crippen molar-refractivity contribution in [3.63, 3.8) is 0 Å². The predicted molar refractivity (Wildman–Crippen MR) is 138 cm³/mol. The molecule has 2 aliphatic heterocycles. The molecule has 0 bridgehead atoms. The first-order valence-electron chi connectivity index (χ1n) is 13.2. The molecule has 0 N–H and O–H groups in total. The van der Waals surface area contributed by atoms with Crippen molar-refractivity contribution in [2.45, 2.75) is 58.2 Å². The molecule has 1 amide bonds. The summed E-state index contributed by atoms with van der Waals surface area (Å²) < 4.78 is 18.4. The minimum atomic E-state index is -0.207. The van der Waals surface area contributed by atoms with Crippen molar-refractivity contribution in [3.8, 4) is 22.6 Å². The molecule has 0 spiro atoms. The van der Waals surface area contributed by atoms with Gasteiger partial charge in [0, 0.05) is 56.4 Å². The number of fused-ring (bicyclic) bond motifs is 1. The minimum absolute atomic E-state index is 0.0587. The molecule has 5 rings (SSSR count). The largest absolute Gasteiger partial charge is 0.493 e. The van der Waals surface area contributed by atoms with E-state index < -0.39 is 0 Å². The molecule has 8 heteroatoms. The van der Waals surface area contributed by atoms with E-state index in [1.807, 2.05) is 34.6 Å². The fraction of sp³-hybridized carbons (Fsp3) is 0.571. The standard InChI is InChI=1S/C28H37N3O5/c1-4-36-28(33)29-13-10-21(11-14-29)30-15-12-24-20(18-30)16-23(27(32)31(24)17-19-8-9-19)22-6-5-7-25(34-2)26(22)35-3/h5-7,16,19,21H,4,8-15,17-18H2,1-3H3. The Labute approximate surface area is 212 Å². The summed E-state index contributed by atoms with van der Waals surface area (Å²) in [5, 5.41) is 0. The number of para-hydroxylation sites is 1. The van der Waals surface area contributed by atoms with Crippen LogP contribution in [-0.4, -0.2) is 67.0 Å². The van der Waals surface area contributed by atoms with Crippen molar-refractivity contribution in [2.24, 2.45) is 5.92 Å². The number of hydrogen-bond acceptors (Lipinski definition) is 6. The number of pyridine rings is 1. The molecule has 0 atom stereocenters. The minimum Gasteiger partial charge on any atom is -0.493 e. The summed E-state index contributed by atoms with van der Waals surface area (Å²) >= 11 is 0. The molecule has 1 aromatic heterocycles. The number of carbonyl (C=O) groups is 1. The Hall–Kier alpha value is -3.00. The molecule has 3 heterocycles. The van der Waals surface area contributed by atoms with Crippen LogP contribution in [0.5, 0.6) is 11.5 Å². The molecular formula is C28H37N3O5. The van der Waals surface area contributed by atoms with Crippen LogP contribution in [0, 0.1) is 5.92 Å². The third-order valence-corrected chi connectivity index (χ3v) is 7.84. The van der Waals surface area contributed by atoms with E-state index in [-0.39, 0.29) is 11.7 Å². The number of piperidine rings is 1. The number of benzene rings is 1. The van der Waals surface area contributed by atoms with Crippen molar-refractivity contribution < 1.29 is 19.0 Å². The maximum absolute atomic E-state index is 13.8. The quantitative estimate of drug-likeness (QED) is 0.580. The van der Waals surface area contributed by atoms with Crippen LogP contribution in [0.4, 0.5) is 4.79 Å². The number of aromatic nitrogens is 1. The van der Waals surface area contributed by atoms with Gasteiger partial charge in [-0.15, -0.1) is 0 Å². The van der Waals surface area contributed by atoms with Gasteiger partial charge in [0.1, 0.15) is 0 Å². The number of ether oxygens (including phenoxy) is 3. The molecule has 0 unspecified atom stereocenters. The van der Waals surface area contributed by atoms with Crippen molar-refractivity contribution in [1.82, 2.24) is 14.4 Å². The van der Waals surface area contributed by atoms with Crippen LogP contribution in [0.25, 0.3) is 11.1 Å². The lowest BCUT2D eigenvalue weighted by atomic mass is 9.95. The van der Waals surface area contributed by atoms with Gasteiger partial charge in [-0.25, -0.2) is 4.79 Å². The zero-order valence-electron chi connectivity index (χ0n) is 21.6. The van der Waals surface area contributed by atoms with Gasteiger partial charge in [-0.05, 0) is 56.2 Å². The Balaban J connectivity index is 1.45. The molecule has 194 valence electrons. The Morgan fingerprint density at radius 2 is 1.81 bits per heavy atom. The monoisotopic (exact) mass is 495 g/mol. The van der Waals surface area contributed by atoms with Crippen molar-refractivity contribution in [3.05, 3.63) is 45.9 Å². The van der Waals surface area contributed by atoms with Crippen LogP contribution < -0.4 is 15.0 Å². The molecule has 1 aromatic carbocycles. The van der Waals surface area contributed by atoms with E-state index in [0.717, 1.165) is 57.5 Å². The highest BCUT2D eigenvalue weighted by Gasteiger charge is 2.32. The lowest BCUT2D eigenvalue weighted by Crippen LogP contribution is -2.48. The number of amides is 1. The average Bonchev–Trinajstić information content (AvgIpc) is 3.74. The first kappa shape index (κ1) is 24.7. The molecule has 1 saturated carbocycles. The van der Waals surface area contributed by atoms with Gasteiger partial charge < -0.3 is 23.7 Å². The Kier molecular flexibility index (Phi) is 7.23. The van der Waals surface area contributed by atoms with Crippen LogP contribution in [-0.2, 0) is 24.2 Å². The normalized spacial score (nSPS) is 18.6. The topological polar surface area (TPSA) is 73.2 Å². The first-order chi connectivity index (χ1) is 17.5. The summed E-state index contributed by atoms with van der Waals surface area (Å²) in [7, 11) is 3.23. The van der Waals surface area contributed by atoms with E-state index in [9.17, 15) is 9.59 Å². The predicted octanol–water partition coefficient (Wildman–Crippen LogP) is 3.92. The number of likely N-dealkylation sites (tertiary alicyclic amines) is 1. The summed E-state index contributed by atoms with van der Waals surface area (Å²) in [6, 6.07) is 8.20. The third-order valence-electron chi connectivity index (χ3n) is 7.84. The SMILES string of the molecule is CCOC(=O)N1CCC(N2CCc3c(cc(-c4cccc(OC)c4OC)c(=O)n3CC3CC3)C2)CC1. The van der Waals surface area contributed by atoms with E-state index in [0.29, 0.717) is 35.6 Å². The Morgan fingerprint density at radius 1 is 1.03 bits per heavy atom. The number of hydrogen-bond donors (Lipinski definition) is 0. The average molecular weight is 496 g/mol. The van der Waals surface area contributed by atoms with Crippen LogP contribution >= 0.6 is 0 Å². The van der Waals surface area contributed by atoms with E-state index in [1.165, 1.54) is 24.1 Å². The molecule has 2 aromatic rings. The lowest BCUT2D eigenvalue weighted by Gasteiger charge is -2.40. The number of nitrogens with zero attached hydrogens (tertiary/aromatic N) is 3. The molecule has 2 fully saturated rings. The zero-order valence-corrected chi connectivity index (χ0v) is 21.6. The van der Waals surface area contributed by atoms with E-state index in [2.05, 4.69) is 11.0 Å². The van der Waals surface area contributed by atoms with Crippen LogP contribution in [0.15, 0.2) is 29.1 Å². The van der Waals surface area contributed by atoms with Gasteiger partial charge in [0.25, 0.3) is 5.56 Å². The summed E-state index contributed by atoms with van der Waals surface area (Å²) in [5.41, 5.74) is 3.90. The Bertz CT molecular complexity index is 1160. The second-order valence-electron chi connectivity index (χ2n) is 10.1. The van der Waals surface area contributed by atoms with Crippen LogP contribution in [0.2, 0.25) is 0 Å². The van der Waals surface area contributed by atoms with Crippen molar-refractivity contribution in [1.29, 1.82) is 0 Å². The van der Waals surface area contributed by atoms with Crippen molar-refractivity contribution >= 4 is 6.09 Å². The lowest BCUT2D eigenvalue weighted by molar-refractivity contribution is 0.0701. The first-order valence-corrected chi connectivity index (χ1v) is 13.2. The van der Waals surface area contributed by atoms with E-state index >= 15 is 0 Å². The van der Waals surface area contributed by atoms with Crippen LogP contribution in [0.3, 0.4) is 0 Å². The van der Waals surface area contributed by atoms with Gasteiger partial charge in [0.05, 0.1) is 26.4 Å². The summed E-state index contributed by atoms with van der Waals surface area (Å²) in [6.07, 6.45) is 4.92. The van der Waals surface area contributed by atoms with E-state index in [1.54, 1.807) is 14.2 Å². The summed E-state index contributed by atoms with van der Waals surface area (Å²) in [4.78, 5) is 30.3. The van der Waals surface area contributed by atoms with Gasteiger partial charge in [-0.1, -0.05) is 12.1 Å². The molecule has 1 aliphatic carbocycles. The number of carbonyl (C=O) groups excluding carboxylic acids is 1. The fourth-order valence-corrected chi connectivity index (χ4v) is 5.72. The molecule has 1 saturated heterocycles. The smallest absolute Gasteiger partial charge is 0.409 e. The summed E-state index contributed by atoms with van der Waals surface area (Å²) in [6.45, 7) is 6.23. The van der Waals surface area contributed by atoms with Gasteiger partial charge in [0.15, 0.2) is 11.5 Å². The zero-order chi connectivity index (χ0) is 25.2. The maximum Gasteiger partial charge on any atom is 0.409 e. The number of methoxy groups -OCH3 is 2. The highest BCUT2D eigenvalue weighted by molar-refractivity contribution is 5.74. The maximum atomic E-state index is 13.8. The fourth-order valence-electron chi connectivity index (χ4n) is 5.72. The molecule has 0 radical (unpaired) electrons. The number of rotatable bonds is 7. The highest BCUT2D eigenvalue weighted by atomic mass is 16.6. The van der Waals surface area contributed by atoms with Gasteiger partial charge in [0.2, 0.25) is 0 Å². The molecule has 36 heavy (non-hydrogen) atoms. The van der Waals surface area contributed by atoms with Gasteiger partial charge in [-0.2, -0.15) is 0 Å². The van der Waals surface area contributed by atoms with Crippen molar-refractivity contribution in [2.75, 3.05) is 40.5 Å². The molecular weight excluding hydrogens is 458 g/mol. The summed E-state index contributed by atoms with van der Waals surface area (Å²) in [5.74, 6) is 1.81. The van der Waals surface area contributed by atoms with Crippen LogP contribution in [0.1, 0.15) is 43.9 Å². The second-order valence-corrected chi connectivity index (χ2v) is 10.1. The molecule has 8 nitrogen and oxygen atoms in total. The second kappa shape index (κ2) is 10.5. The third kappa shape index (κ3) is 4.83. The Morgan fingerprint density at radius 3 is 2.47 bits per heavy atom. The van der Waals surface area contributed by atoms with E-state index in [4.69, 9.17) is 14.2 Å². The van der Waals surface area contributed by atoms with Gasteiger partial charge in [-0.3, -0.25) is 9.69 Å². The molecule has 3 aliphatic rings. The highest BCUT2D eigenvalue weighted by Crippen LogP contribution is 2.38. The van der Waals surface area contributed by atoms with Gasteiger partial charge >= 0.3 is 6.09 Å².